The Morgan fingerprint density at radius 2 is 1.44 bits per heavy atom. The molecule has 0 aromatic heterocycles. The van der Waals surface area contributed by atoms with Gasteiger partial charge in [0.1, 0.15) is 0 Å². The minimum atomic E-state index is 0.396. The van der Waals surface area contributed by atoms with E-state index in [1.165, 1.54) is 43.2 Å². The first kappa shape index (κ1) is 17.9. The Kier molecular flexibility index (Phi) is 6.87. The van der Waals surface area contributed by atoms with E-state index in [-0.39, 0.29) is 0 Å². The molecule has 0 spiro atoms. The second-order valence-electron chi connectivity index (χ2n) is 6.90. The monoisotopic (exact) mass is 352 g/mol. The van der Waals surface area contributed by atoms with Crippen molar-refractivity contribution in [2.24, 2.45) is 0 Å². The fraction of sp³-hybridized carbons (Fsp3) is 0.409. The summed E-state index contributed by atoms with van der Waals surface area (Å²) in [6.07, 6.45) is 7.54. The number of thiocarbonyl (C=S) groups is 1. The van der Waals surface area contributed by atoms with Gasteiger partial charge in [0.15, 0.2) is 5.11 Å². The molecule has 132 valence electrons. The van der Waals surface area contributed by atoms with Crippen molar-refractivity contribution in [1.82, 2.24) is 10.6 Å². The summed E-state index contributed by atoms with van der Waals surface area (Å²) in [5, 5.41) is 7.72. The van der Waals surface area contributed by atoms with E-state index in [0.717, 1.165) is 18.1 Å². The van der Waals surface area contributed by atoms with Crippen LogP contribution < -0.4 is 10.6 Å². The summed E-state index contributed by atoms with van der Waals surface area (Å²) in [6.45, 7) is 0.882. The minimum absolute atomic E-state index is 0.396. The standard InChI is InChI=1S/C22H28N2S/c25-22(24-20-14-8-3-9-15-20)23-17-16-21(18-10-4-1-5-11-18)19-12-6-2-7-13-19/h1-2,4-7,10-13,20-21H,3,8-9,14-17H2,(H2,23,24,25). The van der Waals surface area contributed by atoms with Crippen LogP contribution in [-0.4, -0.2) is 17.7 Å². The maximum absolute atomic E-state index is 5.50. The van der Waals surface area contributed by atoms with Crippen molar-refractivity contribution >= 4 is 17.3 Å². The van der Waals surface area contributed by atoms with Crippen LogP contribution >= 0.6 is 12.2 Å². The lowest BCUT2D eigenvalue weighted by Crippen LogP contribution is -2.43. The maximum Gasteiger partial charge on any atom is 0.166 e. The molecule has 0 radical (unpaired) electrons. The summed E-state index contributed by atoms with van der Waals surface area (Å²) in [6, 6.07) is 22.1. The van der Waals surface area contributed by atoms with Gasteiger partial charge in [-0.05, 0) is 42.6 Å². The summed E-state index contributed by atoms with van der Waals surface area (Å²) in [5.41, 5.74) is 2.73. The fourth-order valence-corrected chi connectivity index (χ4v) is 3.98. The topological polar surface area (TPSA) is 24.1 Å². The molecular weight excluding hydrogens is 324 g/mol. The van der Waals surface area contributed by atoms with E-state index < -0.39 is 0 Å². The molecule has 25 heavy (non-hydrogen) atoms. The Morgan fingerprint density at radius 1 is 0.880 bits per heavy atom. The summed E-state index contributed by atoms with van der Waals surface area (Å²) >= 11 is 5.50. The van der Waals surface area contributed by atoms with E-state index in [0.29, 0.717) is 12.0 Å². The fourth-order valence-electron chi connectivity index (χ4n) is 3.71. The first-order valence-corrected chi connectivity index (χ1v) is 9.88. The van der Waals surface area contributed by atoms with Crippen LogP contribution in [0.4, 0.5) is 0 Å². The molecule has 0 amide bonds. The summed E-state index contributed by atoms with van der Waals surface area (Å²) in [5.74, 6) is 0.396. The van der Waals surface area contributed by atoms with Crippen molar-refractivity contribution < 1.29 is 0 Å². The third-order valence-electron chi connectivity index (χ3n) is 5.06. The van der Waals surface area contributed by atoms with Gasteiger partial charge in [0.25, 0.3) is 0 Å². The highest BCUT2D eigenvalue weighted by Crippen LogP contribution is 2.27. The molecule has 3 rings (SSSR count). The van der Waals surface area contributed by atoms with Gasteiger partial charge < -0.3 is 10.6 Å². The van der Waals surface area contributed by atoms with Crippen LogP contribution in [0.2, 0.25) is 0 Å². The molecule has 2 nitrogen and oxygen atoms in total. The molecule has 2 N–H and O–H groups in total. The normalized spacial score (nSPS) is 15.1. The second-order valence-corrected chi connectivity index (χ2v) is 7.31. The van der Waals surface area contributed by atoms with Crippen molar-refractivity contribution in [2.45, 2.75) is 50.5 Å². The Morgan fingerprint density at radius 3 is 2.00 bits per heavy atom. The van der Waals surface area contributed by atoms with Crippen LogP contribution in [0.15, 0.2) is 60.7 Å². The highest BCUT2D eigenvalue weighted by Gasteiger charge is 2.15. The number of rotatable bonds is 6. The Hall–Kier alpha value is -1.87. The number of hydrogen-bond acceptors (Lipinski definition) is 1. The first-order valence-electron chi connectivity index (χ1n) is 9.47. The van der Waals surface area contributed by atoms with Gasteiger partial charge >= 0.3 is 0 Å². The van der Waals surface area contributed by atoms with Gasteiger partial charge in [-0.1, -0.05) is 79.9 Å². The van der Waals surface area contributed by atoms with Crippen molar-refractivity contribution in [1.29, 1.82) is 0 Å². The molecule has 0 aliphatic heterocycles. The second kappa shape index (κ2) is 9.57. The Bertz CT molecular complexity index is 596. The third-order valence-corrected chi connectivity index (χ3v) is 5.33. The smallest absolute Gasteiger partial charge is 0.166 e. The lowest BCUT2D eigenvalue weighted by Gasteiger charge is -2.25. The van der Waals surface area contributed by atoms with Gasteiger partial charge in [-0.25, -0.2) is 0 Å². The quantitative estimate of drug-likeness (QED) is 0.715. The van der Waals surface area contributed by atoms with Crippen LogP contribution in [0, 0.1) is 0 Å². The van der Waals surface area contributed by atoms with E-state index >= 15 is 0 Å². The van der Waals surface area contributed by atoms with E-state index in [1.54, 1.807) is 0 Å². The molecule has 0 saturated heterocycles. The number of nitrogens with one attached hydrogen (secondary N) is 2. The highest BCUT2D eigenvalue weighted by atomic mass is 32.1. The third kappa shape index (κ3) is 5.57. The van der Waals surface area contributed by atoms with Crippen LogP contribution in [0.3, 0.4) is 0 Å². The predicted octanol–water partition coefficient (Wildman–Crippen LogP) is 5.01. The summed E-state index contributed by atoms with van der Waals surface area (Å²) in [7, 11) is 0. The SMILES string of the molecule is S=C(NCCC(c1ccccc1)c1ccccc1)NC1CCCCC1. The number of benzene rings is 2. The van der Waals surface area contributed by atoms with Crippen LogP contribution in [0.5, 0.6) is 0 Å². The largest absolute Gasteiger partial charge is 0.363 e. The molecule has 1 fully saturated rings. The Labute approximate surface area is 157 Å². The van der Waals surface area contributed by atoms with Crippen LogP contribution in [0.1, 0.15) is 55.6 Å². The minimum Gasteiger partial charge on any atom is -0.363 e. The number of hydrogen-bond donors (Lipinski definition) is 2. The lowest BCUT2D eigenvalue weighted by atomic mass is 9.88. The van der Waals surface area contributed by atoms with E-state index in [2.05, 4.69) is 71.3 Å². The molecule has 0 bridgehead atoms. The molecule has 1 aliphatic rings. The van der Waals surface area contributed by atoms with E-state index in [4.69, 9.17) is 12.2 Å². The van der Waals surface area contributed by atoms with Crippen molar-refractivity contribution in [2.75, 3.05) is 6.54 Å². The molecular formula is C22H28N2S. The molecule has 2 aromatic carbocycles. The van der Waals surface area contributed by atoms with E-state index in [1.807, 2.05) is 0 Å². The van der Waals surface area contributed by atoms with Gasteiger partial charge in [0.05, 0.1) is 0 Å². The molecule has 1 aliphatic carbocycles. The van der Waals surface area contributed by atoms with Crippen molar-refractivity contribution in [3.8, 4) is 0 Å². The van der Waals surface area contributed by atoms with Gasteiger partial charge in [-0.15, -0.1) is 0 Å². The zero-order chi connectivity index (χ0) is 17.3. The average Bonchev–Trinajstić information content (AvgIpc) is 2.67. The summed E-state index contributed by atoms with van der Waals surface area (Å²) in [4.78, 5) is 0. The van der Waals surface area contributed by atoms with Crippen molar-refractivity contribution in [3.05, 3.63) is 71.8 Å². The average molecular weight is 353 g/mol. The van der Waals surface area contributed by atoms with Gasteiger partial charge in [0, 0.05) is 18.5 Å². The lowest BCUT2D eigenvalue weighted by molar-refractivity contribution is 0.412. The Balaban J connectivity index is 1.55. The highest BCUT2D eigenvalue weighted by molar-refractivity contribution is 7.80. The zero-order valence-electron chi connectivity index (χ0n) is 14.8. The first-order chi connectivity index (χ1) is 12.3. The molecule has 1 saturated carbocycles. The van der Waals surface area contributed by atoms with Gasteiger partial charge in [-0.2, -0.15) is 0 Å². The zero-order valence-corrected chi connectivity index (χ0v) is 15.6. The van der Waals surface area contributed by atoms with E-state index in [9.17, 15) is 0 Å². The predicted molar refractivity (Wildman–Crippen MR) is 110 cm³/mol. The molecule has 0 unspecified atom stereocenters. The van der Waals surface area contributed by atoms with Crippen LogP contribution in [0.25, 0.3) is 0 Å². The van der Waals surface area contributed by atoms with Crippen molar-refractivity contribution in [3.63, 3.8) is 0 Å². The summed E-state index contributed by atoms with van der Waals surface area (Å²) < 4.78 is 0. The molecule has 3 heteroatoms. The molecule has 0 atom stereocenters. The van der Waals surface area contributed by atoms with Crippen LogP contribution in [-0.2, 0) is 0 Å². The van der Waals surface area contributed by atoms with Gasteiger partial charge in [0.2, 0.25) is 0 Å². The maximum atomic E-state index is 5.50. The molecule has 0 heterocycles. The molecule has 2 aromatic rings. The van der Waals surface area contributed by atoms with Gasteiger partial charge in [-0.3, -0.25) is 0 Å².